The minimum atomic E-state index is -0.517. The van der Waals surface area contributed by atoms with Crippen LogP contribution in [0.15, 0.2) is 59.2 Å². The number of nitrogens with zero attached hydrogens (tertiary/aromatic N) is 3. The van der Waals surface area contributed by atoms with E-state index in [1.54, 1.807) is 4.68 Å². The molecule has 1 unspecified atom stereocenters. The number of aromatic nitrogens is 3. The van der Waals surface area contributed by atoms with E-state index in [0.29, 0.717) is 5.92 Å². The van der Waals surface area contributed by atoms with E-state index in [1.165, 1.54) is 18.4 Å². The number of rotatable bonds is 6. The molecule has 1 aliphatic rings. The van der Waals surface area contributed by atoms with Crippen molar-refractivity contribution in [3.05, 3.63) is 81.6 Å². The van der Waals surface area contributed by atoms with Crippen LogP contribution in [0.1, 0.15) is 53.0 Å². The van der Waals surface area contributed by atoms with Crippen molar-refractivity contribution in [3.63, 3.8) is 0 Å². The highest BCUT2D eigenvalue weighted by atomic mass is 79.9. The lowest BCUT2D eigenvalue weighted by atomic mass is 9.79. The minimum Gasteiger partial charge on any atom is -0.369 e. The molecule has 1 heterocycles. The highest BCUT2D eigenvalue weighted by molar-refractivity contribution is 9.10. The monoisotopic (exact) mass is 424 g/mol. The van der Waals surface area contributed by atoms with Crippen molar-refractivity contribution in [2.24, 2.45) is 12.8 Å². The highest BCUT2D eigenvalue weighted by Gasteiger charge is 2.33. The predicted molar refractivity (Wildman–Crippen MR) is 107 cm³/mol. The molecule has 1 fully saturated rings. The van der Waals surface area contributed by atoms with Gasteiger partial charge in [-0.25, -0.2) is 0 Å². The zero-order chi connectivity index (χ0) is 19.0. The second-order valence-electron chi connectivity index (χ2n) is 7.17. The molecule has 2 aromatic carbocycles. The number of aryl methyl sites for hydroxylation is 1. The molecule has 0 saturated heterocycles. The summed E-state index contributed by atoms with van der Waals surface area (Å²) in [6, 6.07) is 16.2. The van der Waals surface area contributed by atoms with Crippen LogP contribution in [-0.4, -0.2) is 20.9 Å². The van der Waals surface area contributed by atoms with Gasteiger partial charge in [0.1, 0.15) is 0 Å². The van der Waals surface area contributed by atoms with Gasteiger partial charge in [-0.1, -0.05) is 57.5 Å². The predicted octanol–water partition coefficient (Wildman–Crippen LogP) is 3.86. The molecule has 6 heteroatoms. The van der Waals surface area contributed by atoms with Gasteiger partial charge in [-0.2, -0.15) is 0 Å². The fourth-order valence-electron chi connectivity index (χ4n) is 3.62. The summed E-state index contributed by atoms with van der Waals surface area (Å²) in [7, 11) is 1.82. The van der Waals surface area contributed by atoms with Crippen LogP contribution in [0, 0.1) is 0 Å². The molecule has 1 aliphatic carbocycles. The number of carbonyl (C=O) groups is 1. The van der Waals surface area contributed by atoms with Gasteiger partial charge in [-0.05, 0) is 47.6 Å². The molecule has 0 bridgehead atoms. The van der Waals surface area contributed by atoms with E-state index >= 15 is 0 Å². The first kappa shape index (κ1) is 17.9. The quantitative estimate of drug-likeness (QED) is 0.652. The second kappa shape index (κ2) is 7.27. The maximum absolute atomic E-state index is 12.6. The van der Waals surface area contributed by atoms with E-state index < -0.39 is 5.92 Å². The lowest BCUT2D eigenvalue weighted by molar-refractivity contribution is -0.119. The zero-order valence-corrected chi connectivity index (χ0v) is 16.6. The summed E-state index contributed by atoms with van der Waals surface area (Å²) in [6.45, 7) is 0. The van der Waals surface area contributed by atoms with Gasteiger partial charge >= 0.3 is 0 Å². The van der Waals surface area contributed by atoms with Crippen molar-refractivity contribution < 1.29 is 4.79 Å². The van der Waals surface area contributed by atoms with Crippen LogP contribution in [0.2, 0.25) is 0 Å². The van der Waals surface area contributed by atoms with Crippen molar-refractivity contribution in [1.82, 2.24) is 15.0 Å². The van der Waals surface area contributed by atoms with Gasteiger partial charge in [0.2, 0.25) is 5.91 Å². The van der Waals surface area contributed by atoms with Crippen LogP contribution in [-0.2, 0) is 11.8 Å². The number of primary amides is 1. The molecule has 5 nitrogen and oxygen atoms in total. The maximum atomic E-state index is 12.6. The van der Waals surface area contributed by atoms with Gasteiger partial charge in [0.05, 0.1) is 11.6 Å². The SMILES string of the molecule is Cn1cc([C@H](c2ccc(Br)cc2)C(C(N)=O)c2ccc(C3CC3)cc2)nn1. The normalized spacial score (nSPS) is 16.1. The smallest absolute Gasteiger partial charge is 0.225 e. The molecule has 2 N–H and O–H groups in total. The van der Waals surface area contributed by atoms with Crippen LogP contribution in [0.25, 0.3) is 0 Å². The molecule has 1 saturated carbocycles. The van der Waals surface area contributed by atoms with Gasteiger partial charge < -0.3 is 5.73 Å². The minimum absolute atomic E-state index is 0.295. The molecule has 0 spiro atoms. The third-order valence-corrected chi connectivity index (χ3v) is 5.68. The second-order valence-corrected chi connectivity index (χ2v) is 8.08. The van der Waals surface area contributed by atoms with Crippen LogP contribution in [0.4, 0.5) is 0 Å². The lowest BCUT2D eigenvalue weighted by Crippen LogP contribution is -2.28. The van der Waals surface area contributed by atoms with Crippen molar-refractivity contribution in [2.45, 2.75) is 30.6 Å². The molecule has 0 aliphatic heterocycles. The first-order chi connectivity index (χ1) is 13.0. The summed E-state index contributed by atoms with van der Waals surface area (Å²) in [5, 5.41) is 8.36. The largest absolute Gasteiger partial charge is 0.369 e. The maximum Gasteiger partial charge on any atom is 0.225 e. The summed E-state index contributed by atoms with van der Waals surface area (Å²) >= 11 is 3.47. The Hall–Kier alpha value is -2.47. The number of hydrogen-bond donors (Lipinski definition) is 1. The topological polar surface area (TPSA) is 73.8 Å². The number of carbonyl (C=O) groups excluding carboxylic acids is 1. The fourth-order valence-corrected chi connectivity index (χ4v) is 3.89. The van der Waals surface area contributed by atoms with Gasteiger partial charge in [0.15, 0.2) is 0 Å². The summed E-state index contributed by atoms with van der Waals surface area (Å²) in [5.41, 5.74) is 9.84. The molecule has 27 heavy (non-hydrogen) atoms. The van der Waals surface area contributed by atoms with Crippen LogP contribution < -0.4 is 5.73 Å². The van der Waals surface area contributed by atoms with E-state index in [4.69, 9.17) is 5.73 Å². The van der Waals surface area contributed by atoms with Crippen molar-refractivity contribution in [1.29, 1.82) is 0 Å². The van der Waals surface area contributed by atoms with Gasteiger partial charge in [0, 0.05) is 23.6 Å². The summed E-state index contributed by atoms with van der Waals surface area (Å²) < 4.78 is 2.63. The summed E-state index contributed by atoms with van der Waals surface area (Å²) in [4.78, 5) is 12.6. The average Bonchev–Trinajstić information content (AvgIpc) is 3.42. The van der Waals surface area contributed by atoms with Crippen LogP contribution in [0.5, 0.6) is 0 Å². The summed E-state index contributed by atoms with van der Waals surface area (Å²) in [6.07, 6.45) is 4.35. The van der Waals surface area contributed by atoms with Crippen molar-refractivity contribution in [3.8, 4) is 0 Å². The zero-order valence-electron chi connectivity index (χ0n) is 15.0. The Morgan fingerprint density at radius 2 is 1.74 bits per heavy atom. The number of amides is 1. The Balaban J connectivity index is 1.79. The van der Waals surface area contributed by atoms with Crippen molar-refractivity contribution in [2.75, 3.05) is 0 Å². The summed E-state index contributed by atoms with van der Waals surface area (Å²) in [5.74, 6) is -0.506. The van der Waals surface area contributed by atoms with E-state index in [0.717, 1.165) is 21.3 Å². The third-order valence-electron chi connectivity index (χ3n) is 5.15. The Morgan fingerprint density at radius 3 is 2.26 bits per heavy atom. The Kier molecular flexibility index (Phi) is 4.83. The van der Waals surface area contributed by atoms with Gasteiger partial charge in [0.25, 0.3) is 0 Å². The molecule has 2 atom stereocenters. The number of benzene rings is 2. The van der Waals surface area contributed by atoms with Gasteiger partial charge in [-0.15, -0.1) is 5.10 Å². The molecule has 0 radical (unpaired) electrons. The first-order valence-electron chi connectivity index (χ1n) is 9.04. The Labute approximate surface area is 166 Å². The standard InChI is InChI=1S/C21H21BrN4O/c1-26-12-18(24-25-26)19(15-8-10-17(22)11-9-15)20(21(23)27)16-6-4-14(5-7-16)13-2-3-13/h4-13,19-20H,2-3H2,1H3,(H2,23,27)/t19-,20?/m0/s1. The molecule has 1 aromatic heterocycles. The van der Waals surface area contributed by atoms with Crippen LogP contribution in [0.3, 0.4) is 0 Å². The Bertz CT molecular complexity index is 945. The number of hydrogen-bond acceptors (Lipinski definition) is 3. The first-order valence-corrected chi connectivity index (χ1v) is 9.83. The van der Waals surface area contributed by atoms with Crippen molar-refractivity contribution >= 4 is 21.8 Å². The van der Waals surface area contributed by atoms with Gasteiger partial charge in [-0.3, -0.25) is 9.48 Å². The van der Waals surface area contributed by atoms with E-state index in [1.807, 2.05) is 49.6 Å². The van der Waals surface area contributed by atoms with E-state index in [2.05, 4.69) is 38.4 Å². The Morgan fingerprint density at radius 1 is 1.11 bits per heavy atom. The third kappa shape index (κ3) is 3.81. The molecule has 1 amide bonds. The fraction of sp³-hybridized carbons (Fsp3) is 0.286. The molecular formula is C21H21BrN4O. The average molecular weight is 425 g/mol. The van der Waals surface area contributed by atoms with Crippen LogP contribution >= 0.6 is 15.9 Å². The highest BCUT2D eigenvalue weighted by Crippen LogP contribution is 2.42. The lowest BCUT2D eigenvalue weighted by Gasteiger charge is -2.24. The molecule has 4 rings (SSSR count). The number of halogens is 1. The van der Waals surface area contributed by atoms with E-state index in [-0.39, 0.29) is 11.8 Å². The number of nitrogens with two attached hydrogens (primary N) is 1. The van der Waals surface area contributed by atoms with E-state index in [9.17, 15) is 4.79 Å². The molecule has 138 valence electrons. The molecular weight excluding hydrogens is 404 g/mol. The molecule has 3 aromatic rings.